The number of aromatic hydroxyl groups is 1. The van der Waals surface area contributed by atoms with E-state index < -0.39 is 0 Å². The average Bonchev–Trinajstić information content (AvgIpc) is 2.72. The molecule has 0 saturated carbocycles. The Balaban J connectivity index is 1.58. The summed E-state index contributed by atoms with van der Waals surface area (Å²) in [5.74, 6) is -0.819. The number of carbonyl (C=O) groups excluding carboxylic acids is 1. The highest BCUT2D eigenvalue weighted by atomic mass is 19.1. The first-order valence-corrected chi connectivity index (χ1v) is 9.32. The Hall–Kier alpha value is -3.47. The first-order valence-electron chi connectivity index (χ1n) is 9.32. The van der Waals surface area contributed by atoms with Crippen LogP contribution in [0.15, 0.2) is 78.9 Å². The molecule has 2 unspecified atom stereocenters. The minimum atomic E-state index is -0.360. The highest BCUT2D eigenvalue weighted by Gasteiger charge is 2.47. The topological polar surface area (TPSA) is 40.5 Å². The van der Waals surface area contributed by atoms with Crippen molar-refractivity contribution in [3.05, 3.63) is 102 Å². The number of carbonyl (C=O) groups is 1. The van der Waals surface area contributed by atoms with E-state index in [0.29, 0.717) is 12.1 Å². The molecular weight excluding hydrogens is 372 g/mol. The largest absolute Gasteiger partial charge is 0.508 e. The molecule has 1 heterocycles. The molecule has 3 aromatic rings. The number of phenolic OH excluding ortho intramolecular Hbond substituents is 1. The number of anilines is 1. The summed E-state index contributed by atoms with van der Waals surface area (Å²) in [5, 5.41) is 9.59. The maximum absolute atomic E-state index is 13.3. The lowest BCUT2D eigenvalue weighted by molar-refractivity contribution is -0.130. The fourth-order valence-corrected chi connectivity index (χ4v) is 3.65. The van der Waals surface area contributed by atoms with Gasteiger partial charge in [-0.15, -0.1) is 0 Å². The summed E-state index contributed by atoms with van der Waals surface area (Å²) >= 11 is 0. The van der Waals surface area contributed by atoms with Crippen LogP contribution in [0.2, 0.25) is 0 Å². The minimum absolute atomic E-state index is 0.0431. The van der Waals surface area contributed by atoms with E-state index in [1.54, 1.807) is 53.4 Å². The fraction of sp³-hybridized carbons (Fsp3) is 0.125. The second-order valence-corrected chi connectivity index (χ2v) is 7.02. The first-order chi connectivity index (χ1) is 14.0. The smallest absolute Gasteiger partial charge is 0.233 e. The third-order valence-corrected chi connectivity index (χ3v) is 5.12. The Kier molecular flexibility index (Phi) is 5.12. The number of hydrogen-bond acceptors (Lipinski definition) is 2. The second-order valence-electron chi connectivity index (χ2n) is 7.02. The van der Waals surface area contributed by atoms with Crippen molar-refractivity contribution >= 4 is 17.7 Å². The predicted molar refractivity (Wildman–Crippen MR) is 108 cm³/mol. The van der Waals surface area contributed by atoms with Crippen molar-refractivity contribution in [1.29, 1.82) is 0 Å². The Labute approximate surface area is 167 Å². The molecule has 1 N–H and O–H groups in total. The molecule has 1 aliphatic heterocycles. The third-order valence-electron chi connectivity index (χ3n) is 5.12. The third kappa shape index (κ3) is 3.90. The van der Waals surface area contributed by atoms with Crippen molar-refractivity contribution in [2.45, 2.75) is 12.5 Å². The summed E-state index contributed by atoms with van der Waals surface area (Å²) in [6.07, 6.45) is 4.28. The highest BCUT2D eigenvalue weighted by molar-refractivity contribution is 6.03. The summed E-state index contributed by atoms with van der Waals surface area (Å²) in [6.45, 7) is 0. The van der Waals surface area contributed by atoms with E-state index in [-0.39, 0.29) is 35.3 Å². The summed E-state index contributed by atoms with van der Waals surface area (Å²) < 4.78 is 26.3. The van der Waals surface area contributed by atoms with Gasteiger partial charge in [-0.2, -0.15) is 0 Å². The maximum atomic E-state index is 13.3. The van der Waals surface area contributed by atoms with Gasteiger partial charge in [0.25, 0.3) is 0 Å². The van der Waals surface area contributed by atoms with Gasteiger partial charge >= 0.3 is 0 Å². The molecule has 3 aromatic carbocycles. The van der Waals surface area contributed by atoms with Crippen LogP contribution in [0.25, 0.3) is 6.08 Å². The fourth-order valence-electron chi connectivity index (χ4n) is 3.65. The molecule has 0 bridgehead atoms. The van der Waals surface area contributed by atoms with Gasteiger partial charge in [0, 0.05) is 5.69 Å². The van der Waals surface area contributed by atoms with Crippen LogP contribution in [0.3, 0.4) is 0 Å². The van der Waals surface area contributed by atoms with Gasteiger partial charge in [0.2, 0.25) is 5.91 Å². The molecular formula is C24H19F2NO2. The van der Waals surface area contributed by atoms with Crippen molar-refractivity contribution in [1.82, 2.24) is 0 Å². The highest BCUT2D eigenvalue weighted by Crippen LogP contribution is 2.45. The number of benzene rings is 3. The quantitative estimate of drug-likeness (QED) is 0.585. The number of phenols is 1. The molecule has 29 heavy (non-hydrogen) atoms. The Bertz CT molecular complexity index is 1030. The zero-order valence-electron chi connectivity index (χ0n) is 15.5. The Morgan fingerprint density at radius 3 is 2.07 bits per heavy atom. The van der Waals surface area contributed by atoms with Gasteiger partial charge in [0.15, 0.2) is 0 Å². The molecule has 1 amide bonds. The molecule has 146 valence electrons. The first kappa shape index (κ1) is 18.9. The molecule has 0 spiro atoms. The van der Waals surface area contributed by atoms with Crippen LogP contribution in [0.4, 0.5) is 14.5 Å². The number of halogens is 2. The van der Waals surface area contributed by atoms with E-state index in [2.05, 4.69) is 0 Å². The Morgan fingerprint density at radius 1 is 0.862 bits per heavy atom. The van der Waals surface area contributed by atoms with E-state index in [9.17, 15) is 18.7 Å². The van der Waals surface area contributed by atoms with E-state index in [4.69, 9.17) is 0 Å². The molecule has 1 saturated heterocycles. The van der Waals surface area contributed by atoms with Crippen LogP contribution < -0.4 is 4.90 Å². The SMILES string of the molecule is O=C1C(CC=Cc2ccc(F)cc2)C(c2ccc(O)cc2)N1c1ccc(F)cc1. The number of β-lactam (4-membered cyclic amide) rings is 1. The average molecular weight is 391 g/mol. The van der Waals surface area contributed by atoms with Crippen LogP contribution in [-0.2, 0) is 4.79 Å². The lowest BCUT2D eigenvalue weighted by atomic mass is 9.79. The van der Waals surface area contributed by atoms with Crippen molar-refractivity contribution in [3.8, 4) is 5.75 Å². The number of rotatable bonds is 5. The molecule has 0 aliphatic carbocycles. The van der Waals surface area contributed by atoms with Gasteiger partial charge in [0.05, 0.1) is 12.0 Å². The lowest BCUT2D eigenvalue weighted by Gasteiger charge is -2.47. The monoisotopic (exact) mass is 391 g/mol. The van der Waals surface area contributed by atoms with E-state index >= 15 is 0 Å². The Morgan fingerprint density at radius 2 is 1.45 bits per heavy atom. The summed E-state index contributed by atoms with van der Waals surface area (Å²) in [7, 11) is 0. The van der Waals surface area contributed by atoms with E-state index in [1.165, 1.54) is 24.3 Å². The normalized spacial score (nSPS) is 18.8. The van der Waals surface area contributed by atoms with E-state index in [0.717, 1.165) is 11.1 Å². The number of amides is 1. The molecule has 1 aliphatic rings. The molecule has 2 atom stereocenters. The maximum Gasteiger partial charge on any atom is 0.233 e. The van der Waals surface area contributed by atoms with Crippen molar-refractivity contribution in [2.24, 2.45) is 5.92 Å². The van der Waals surface area contributed by atoms with Gasteiger partial charge in [-0.25, -0.2) is 8.78 Å². The minimum Gasteiger partial charge on any atom is -0.508 e. The van der Waals surface area contributed by atoms with Gasteiger partial charge in [-0.1, -0.05) is 36.4 Å². The number of allylic oxidation sites excluding steroid dienone is 1. The summed E-state index contributed by atoms with van der Waals surface area (Å²) in [4.78, 5) is 14.5. The standard InChI is InChI=1S/C24H19F2NO2/c25-18-8-4-16(5-9-18)2-1-3-22-23(17-6-14-21(28)15-7-17)27(24(22)29)20-12-10-19(26)11-13-20/h1-2,4-15,22-23,28H,3H2. The van der Waals surface area contributed by atoms with Crippen LogP contribution in [-0.4, -0.2) is 11.0 Å². The van der Waals surface area contributed by atoms with Crippen molar-refractivity contribution in [3.63, 3.8) is 0 Å². The van der Waals surface area contributed by atoms with Crippen LogP contribution in [0, 0.1) is 17.6 Å². The van der Waals surface area contributed by atoms with Gasteiger partial charge in [-0.05, 0) is 66.1 Å². The second kappa shape index (κ2) is 7.87. The molecule has 3 nitrogen and oxygen atoms in total. The molecule has 4 rings (SSSR count). The van der Waals surface area contributed by atoms with Crippen molar-refractivity contribution < 1.29 is 18.7 Å². The van der Waals surface area contributed by atoms with Crippen molar-refractivity contribution in [2.75, 3.05) is 4.90 Å². The van der Waals surface area contributed by atoms with E-state index in [1.807, 2.05) is 12.2 Å². The summed E-state index contributed by atoms with van der Waals surface area (Å²) in [6, 6.07) is 18.5. The van der Waals surface area contributed by atoms with Crippen LogP contribution in [0.1, 0.15) is 23.6 Å². The zero-order valence-corrected chi connectivity index (χ0v) is 15.5. The molecule has 0 radical (unpaired) electrons. The number of nitrogens with zero attached hydrogens (tertiary/aromatic N) is 1. The van der Waals surface area contributed by atoms with Crippen LogP contribution in [0.5, 0.6) is 5.75 Å². The molecule has 1 fully saturated rings. The van der Waals surface area contributed by atoms with Crippen LogP contribution >= 0.6 is 0 Å². The molecule has 0 aromatic heterocycles. The van der Waals surface area contributed by atoms with Gasteiger partial charge in [-0.3, -0.25) is 4.79 Å². The summed E-state index contributed by atoms with van der Waals surface area (Å²) in [5.41, 5.74) is 2.38. The van der Waals surface area contributed by atoms with Gasteiger partial charge in [0.1, 0.15) is 17.4 Å². The predicted octanol–water partition coefficient (Wildman–Crippen LogP) is 5.48. The zero-order chi connectivity index (χ0) is 20.4. The lowest BCUT2D eigenvalue weighted by Crippen LogP contribution is -2.55. The van der Waals surface area contributed by atoms with Gasteiger partial charge < -0.3 is 10.0 Å². The molecule has 5 heteroatoms. The number of hydrogen-bond donors (Lipinski definition) is 1.